The minimum atomic E-state index is -0.109. The van der Waals surface area contributed by atoms with E-state index in [9.17, 15) is 4.79 Å². The summed E-state index contributed by atoms with van der Waals surface area (Å²) in [5.41, 5.74) is 1.50. The third kappa shape index (κ3) is 3.54. The van der Waals surface area contributed by atoms with Crippen LogP contribution in [0.4, 0.5) is 0 Å². The molecule has 1 aromatic carbocycles. The number of aryl methyl sites for hydroxylation is 1. The van der Waals surface area contributed by atoms with Crippen LogP contribution in [0.15, 0.2) is 23.0 Å². The lowest BCUT2D eigenvalue weighted by atomic mass is 10.1. The second kappa shape index (κ2) is 6.91. The first kappa shape index (κ1) is 15.8. The van der Waals surface area contributed by atoms with E-state index in [0.717, 1.165) is 24.1 Å². The molecule has 0 spiro atoms. The van der Waals surface area contributed by atoms with Crippen molar-refractivity contribution in [2.45, 2.75) is 26.2 Å². The molecular formula is C14H13Cl2IN2O. The highest BCUT2D eigenvalue weighted by Crippen LogP contribution is 2.26. The Kier molecular flexibility index (Phi) is 5.46. The highest BCUT2D eigenvalue weighted by atomic mass is 127. The Morgan fingerprint density at radius 1 is 1.30 bits per heavy atom. The molecule has 2 aromatic rings. The number of nitrogens with one attached hydrogen (secondary N) is 1. The number of rotatable bonds is 4. The van der Waals surface area contributed by atoms with Crippen molar-refractivity contribution in [3.05, 3.63) is 59.3 Å². The van der Waals surface area contributed by atoms with E-state index in [1.807, 2.05) is 22.6 Å². The minimum absolute atomic E-state index is 0.109. The number of aromatic nitrogens is 2. The molecule has 1 heterocycles. The second-order valence-corrected chi connectivity index (χ2v) is 6.29. The average molecular weight is 423 g/mol. The van der Waals surface area contributed by atoms with Gasteiger partial charge in [-0.05, 0) is 46.7 Å². The molecule has 0 aliphatic carbocycles. The van der Waals surface area contributed by atoms with Crippen LogP contribution >= 0.6 is 45.8 Å². The van der Waals surface area contributed by atoms with E-state index < -0.39 is 0 Å². The molecule has 0 atom stereocenters. The van der Waals surface area contributed by atoms with E-state index in [4.69, 9.17) is 23.2 Å². The van der Waals surface area contributed by atoms with Gasteiger partial charge in [0.25, 0.3) is 5.56 Å². The van der Waals surface area contributed by atoms with E-state index in [1.54, 1.807) is 18.2 Å². The highest BCUT2D eigenvalue weighted by Gasteiger charge is 2.12. The number of nitrogens with zero attached hydrogens (tertiary/aromatic N) is 1. The third-order valence-corrected chi connectivity index (χ3v) is 4.69. The van der Waals surface area contributed by atoms with Crippen molar-refractivity contribution < 1.29 is 0 Å². The second-order valence-electron chi connectivity index (χ2n) is 4.40. The summed E-state index contributed by atoms with van der Waals surface area (Å²) in [6, 6.07) is 5.35. The van der Waals surface area contributed by atoms with E-state index in [0.29, 0.717) is 25.9 Å². The zero-order valence-corrected chi connectivity index (χ0v) is 14.5. The summed E-state index contributed by atoms with van der Waals surface area (Å²) in [6.45, 7) is 2.06. The van der Waals surface area contributed by atoms with Crippen molar-refractivity contribution in [1.82, 2.24) is 9.97 Å². The molecule has 0 aliphatic rings. The molecule has 0 aliphatic heterocycles. The van der Waals surface area contributed by atoms with Crippen LogP contribution in [0, 0.1) is 3.57 Å². The van der Waals surface area contributed by atoms with Crippen LogP contribution in [0.5, 0.6) is 0 Å². The molecule has 3 nitrogen and oxygen atoms in total. The number of aromatic amines is 1. The van der Waals surface area contributed by atoms with Crippen molar-refractivity contribution in [1.29, 1.82) is 0 Å². The summed E-state index contributed by atoms with van der Waals surface area (Å²) in [4.78, 5) is 19.2. The fourth-order valence-electron chi connectivity index (χ4n) is 1.91. The maximum Gasteiger partial charge on any atom is 0.264 e. The summed E-state index contributed by atoms with van der Waals surface area (Å²) >= 11 is 14.3. The van der Waals surface area contributed by atoms with Gasteiger partial charge in [0.1, 0.15) is 5.82 Å². The van der Waals surface area contributed by atoms with Crippen LogP contribution in [0.2, 0.25) is 10.0 Å². The van der Waals surface area contributed by atoms with E-state index in [-0.39, 0.29) is 5.56 Å². The minimum Gasteiger partial charge on any atom is -0.309 e. The summed E-state index contributed by atoms with van der Waals surface area (Å²) in [5, 5.41) is 1.16. The predicted octanol–water partition coefficient (Wildman–Crippen LogP) is 4.22. The number of halogens is 3. The lowest BCUT2D eigenvalue weighted by molar-refractivity contribution is 0.822. The highest BCUT2D eigenvalue weighted by molar-refractivity contribution is 14.1. The van der Waals surface area contributed by atoms with E-state index >= 15 is 0 Å². The Morgan fingerprint density at radius 3 is 2.55 bits per heavy atom. The van der Waals surface area contributed by atoms with Gasteiger partial charge in [-0.1, -0.05) is 42.6 Å². The Bertz CT molecular complexity index is 665. The van der Waals surface area contributed by atoms with Crippen molar-refractivity contribution >= 4 is 45.8 Å². The first-order valence-corrected chi connectivity index (χ1v) is 8.06. The maximum atomic E-state index is 11.9. The Labute approximate surface area is 140 Å². The number of hydrogen-bond donors (Lipinski definition) is 1. The van der Waals surface area contributed by atoms with Crippen LogP contribution in [0.1, 0.15) is 30.4 Å². The van der Waals surface area contributed by atoms with Crippen LogP contribution in [-0.4, -0.2) is 9.97 Å². The van der Waals surface area contributed by atoms with Gasteiger partial charge in [0.2, 0.25) is 0 Å². The fourth-order valence-corrected chi connectivity index (χ4v) is 2.97. The largest absolute Gasteiger partial charge is 0.309 e. The molecule has 0 unspecified atom stereocenters. The molecule has 0 saturated heterocycles. The van der Waals surface area contributed by atoms with Crippen molar-refractivity contribution in [3.63, 3.8) is 0 Å². The first-order chi connectivity index (χ1) is 9.52. The van der Waals surface area contributed by atoms with Crippen LogP contribution in [-0.2, 0) is 12.8 Å². The molecule has 6 heteroatoms. The molecule has 0 amide bonds. The zero-order chi connectivity index (χ0) is 14.7. The molecular weight excluding hydrogens is 410 g/mol. The molecule has 20 heavy (non-hydrogen) atoms. The van der Waals surface area contributed by atoms with Gasteiger partial charge in [-0.25, -0.2) is 4.98 Å². The maximum absolute atomic E-state index is 11.9. The molecule has 2 rings (SSSR count). The van der Waals surface area contributed by atoms with Crippen molar-refractivity contribution in [2.24, 2.45) is 0 Å². The topological polar surface area (TPSA) is 45.8 Å². The Balaban J connectivity index is 2.42. The molecule has 1 N–H and O–H groups in total. The van der Waals surface area contributed by atoms with Gasteiger partial charge in [0, 0.05) is 16.5 Å². The van der Waals surface area contributed by atoms with Gasteiger partial charge in [0.15, 0.2) is 0 Å². The Hall–Kier alpha value is -0.590. The molecule has 1 aromatic heterocycles. The standard InChI is InChI=1S/C14H13Cl2IN2O/c1-2-4-11-13(17)14(20)19-12(18-11)7-8-9(15)5-3-6-10(8)16/h3,5-6H,2,4,7H2,1H3,(H,18,19,20). The van der Waals surface area contributed by atoms with Crippen LogP contribution in [0.3, 0.4) is 0 Å². The zero-order valence-electron chi connectivity index (χ0n) is 10.8. The first-order valence-electron chi connectivity index (χ1n) is 6.23. The molecule has 0 radical (unpaired) electrons. The van der Waals surface area contributed by atoms with Crippen LogP contribution in [0.25, 0.3) is 0 Å². The lowest BCUT2D eigenvalue weighted by Gasteiger charge is -2.08. The summed E-state index contributed by atoms with van der Waals surface area (Å²) in [7, 11) is 0. The van der Waals surface area contributed by atoms with Gasteiger partial charge in [-0.2, -0.15) is 0 Å². The van der Waals surface area contributed by atoms with Gasteiger partial charge >= 0.3 is 0 Å². The number of H-pyrrole nitrogens is 1. The van der Waals surface area contributed by atoms with E-state index in [1.165, 1.54) is 0 Å². The van der Waals surface area contributed by atoms with Crippen molar-refractivity contribution in [3.8, 4) is 0 Å². The third-order valence-electron chi connectivity index (χ3n) is 2.87. The van der Waals surface area contributed by atoms with Gasteiger partial charge < -0.3 is 4.98 Å². The van der Waals surface area contributed by atoms with Crippen molar-refractivity contribution in [2.75, 3.05) is 0 Å². The van der Waals surface area contributed by atoms with Gasteiger partial charge in [-0.15, -0.1) is 0 Å². The summed E-state index contributed by atoms with van der Waals surface area (Å²) in [5.74, 6) is 0.592. The monoisotopic (exact) mass is 422 g/mol. The molecule has 106 valence electrons. The smallest absolute Gasteiger partial charge is 0.264 e. The summed E-state index contributed by atoms with van der Waals surface area (Å²) in [6.07, 6.45) is 2.14. The molecule has 0 fully saturated rings. The van der Waals surface area contributed by atoms with Gasteiger partial charge in [0.05, 0.1) is 9.26 Å². The van der Waals surface area contributed by atoms with E-state index in [2.05, 4.69) is 16.9 Å². The quantitative estimate of drug-likeness (QED) is 0.749. The average Bonchev–Trinajstić information content (AvgIpc) is 2.40. The summed E-state index contributed by atoms with van der Waals surface area (Å²) < 4.78 is 0.651. The number of hydrogen-bond acceptors (Lipinski definition) is 2. The lowest BCUT2D eigenvalue weighted by Crippen LogP contribution is -2.18. The SMILES string of the molecule is CCCc1nc(Cc2c(Cl)cccc2Cl)[nH]c(=O)c1I. The van der Waals surface area contributed by atoms with Crippen LogP contribution < -0.4 is 5.56 Å². The number of benzene rings is 1. The normalized spacial score (nSPS) is 10.8. The predicted molar refractivity (Wildman–Crippen MR) is 90.8 cm³/mol. The Morgan fingerprint density at radius 2 is 1.95 bits per heavy atom. The molecule has 0 saturated carbocycles. The fraction of sp³-hybridized carbons (Fsp3) is 0.286. The van der Waals surface area contributed by atoms with Gasteiger partial charge in [-0.3, -0.25) is 4.79 Å². The molecule has 0 bridgehead atoms.